The Hall–Kier alpha value is -2.92. The molecule has 0 saturated carbocycles. The maximum absolute atomic E-state index is 12.1. The number of benzene rings is 2. The molecular weight excluding hydrogens is 336 g/mol. The van der Waals surface area contributed by atoms with Crippen molar-refractivity contribution in [2.75, 3.05) is 11.9 Å². The molecule has 3 rings (SSSR count). The standard InChI is InChI=1S/C19H17ClN4O/c20-16-6-8-17(9-7-16)24-19-22-12-15(13-23-19)18(25)21-11-10-14-4-2-1-3-5-14/h1-9,12-13H,10-11H2,(H,21,25)(H,22,23,24). The third-order valence-corrected chi connectivity index (χ3v) is 3.81. The number of hydrogen-bond donors (Lipinski definition) is 2. The van der Waals surface area contributed by atoms with E-state index in [-0.39, 0.29) is 5.91 Å². The molecule has 0 saturated heterocycles. The summed E-state index contributed by atoms with van der Waals surface area (Å²) < 4.78 is 0. The molecule has 3 aromatic rings. The molecule has 5 nitrogen and oxygen atoms in total. The maximum Gasteiger partial charge on any atom is 0.254 e. The molecule has 0 radical (unpaired) electrons. The van der Waals surface area contributed by atoms with Gasteiger partial charge in [-0.15, -0.1) is 0 Å². The highest BCUT2D eigenvalue weighted by Gasteiger charge is 2.07. The number of amides is 1. The molecule has 2 aromatic carbocycles. The number of hydrogen-bond acceptors (Lipinski definition) is 4. The fourth-order valence-corrected chi connectivity index (χ4v) is 2.37. The number of carbonyl (C=O) groups excluding carboxylic acids is 1. The van der Waals surface area contributed by atoms with Gasteiger partial charge in [0.2, 0.25) is 5.95 Å². The van der Waals surface area contributed by atoms with Crippen molar-refractivity contribution >= 4 is 29.1 Å². The van der Waals surface area contributed by atoms with Crippen molar-refractivity contribution < 1.29 is 4.79 Å². The van der Waals surface area contributed by atoms with E-state index in [0.29, 0.717) is 23.1 Å². The monoisotopic (exact) mass is 352 g/mol. The summed E-state index contributed by atoms with van der Waals surface area (Å²) in [7, 11) is 0. The molecule has 126 valence electrons. The number of halogens is 1. The second-order valence-corrected chi connectivity index (χ2v) is 5.86. The first-order valence-corrected chi connectivity index (χ1v) is 8.25. The first kappa shape index (κ1) is 16.9. The van der Waals surface area contributed by atoms with Crippen molar-refractivity contribution in [3.05, 3.63) is 83.1 Å². The van der Waals surface area contributed by atoms with Crippen molar-refractivity contribution in [2.45, 2.75) is 6.42 Å². The van der Waals surface area contributed by atoms with Gasteiger partial charge in [0.15, 0.2) is 0 Å². The van der Waals surface area contributed by atoms with E-state index in [4.69, 9.17) is 11.6 Å². The molecule has 0 atom stereocenters. The van der Waals surface area contributed by atoms with Crippen LogP contribution in [0.1, 0.15) is 15.9 Å². The quantitative estimate of drug-likeness (QED) is 0.707. The van der Waals surface area contributed by atoms with Crippen LogP contribution in [0.4, 0.5) is 11.6 Å². The van der Waals surface area contributed by atoms with E-state index in [0.717, 1.165) is 12.1 Å². The Balaban J connectivity index is 1.52. The average molecular weight is 353 g/mol. The summed E-state index contributed by atoms with van der Waals surface area (Å²) in [5.74, 6) is 0.233. The minimum atomic E-state index is -0.186. The fraction of sp³-hybridized carbons (Fsp3) is 0.105. The lowest BCUT2D eigenvalue weighted by Crippen LogP contribution is -2.26. The van der Waals surface area contributed by atoms with Gasteiger partial charge in [0.05, 0.1) is 5.56 Å². The highest BCUT2D eigenvalue weighted by Crippen LogP contribution is 2.16. The second-order valence-electron chi connectivity index (χ2n) is 5.42. The van der Waals surface area contributed by atoms with Gasteiger partial charge < -0.3 is 10.6 Å². The molecule has 0 aliphatic carbocycles. The lowest BCUT2D eigenvalue weighted by atomic mass is 10.1. The summed E-state index contributed by atoms with van der Waals surface area (Å²) in [6.07, 6.45) is 3.79. The van der Waals surface area contributed by atoms with Gasteiger partial charge in [-0.2, -0.15) is 0 Å². The molecule has 2 N–H and O–H groups in total. The van der Waals surface area contributed by atoms with Crippen molar-refractivity contribution in [1.29, 1.82) is 0 Å². The molecule has 0 aliphatic heterocycles. The Morgan fingerprint density at radius 1 is 0.960 bits per heavy atom. The number of carbonyl (C=O) groups is 1. The van der Waals surface area contributed by atoms with Crippen LogP contribution in [0.2, 0.25) is 5.02 Å². The van der Waals surface area contributed by atoms with Crippen LogP contribution < -0.4 is 10.6 Å². The van der Waals surface area contributed by atoms with Crippen LogP contribution in [0.25, 0.3) is 0 Å². The van der Waals surface area contributed by atoms with Crippen LogP contribution in [-0.2, 0) is 6.42 Å². The third-order valence-electron chi connectivity index (χ3n) is 3.56. The fourth-order valence-electron chi connectivity index (χ4n) is 2.24. The summed E-state index contributed by atoms with van der Waals surface area (Å²) in [4.78, 5) is 20.5. The van der Waals surface area contributed by atoms with E-state index < -0.39 is 0 Å². The van der Waals surface area contributed by atoms with Gasteiger partial charge >= 0.3 is 0 Å². The molecule has 1 aromatic heterocycles. The van der Waals surface area contributed by atoms with E-state index in [2.05, 4.69) is 20.6 Å². The molecule has 0 fully saturated rings. The van der Waals surface area contributed by atoms with E-state index >= 15 is 0 Å². The van der Waals surface area contributed by atoms with Crippen molar-refractivity contribution in [3.63, 3.8) is 0 Å². The largest absolute Gasteiger partial charge is 0.352 e. The smallest absolute Gasteiger partial charge is 0.254 e. The van der Waals surface area contributed by atoms with Gasteiger partial charge in [-0.05, 0) is 36.2 Å². The normalized spacial score (nSPS) is 10.3. The minimum Gasteiger partial charge on any atom is -0.352 e. The molecule has 0 bridgehead atoms. The van der Waals surface area contributed by atoms with Gasteiger partial charge in [-0.3, -0.25) is 4.79 Å². The zero-order chi connectivity index (χ0) is 17.5. The number of rotatable bonds is 6. The first-order chi connectivity index (χ1) is 12.2. The summed E-state index contributed by atoms with van der Waals surface area (Å²) in [5.41, 5.74) is 2.43. The number of nitrogens with one attached hydrogen (secondary N) is 2. The van der Waals surface area contributed by atoms with Crippen LogP contribution in [0.15, 0.2) is 67.0 Å². The van der Waals surface area contributed by atoms with Gasteiger partial charge in [0.1, 0.15) is 0 Å². The van der Waals surface area contributed by atoms with E-state index in [1.807, 2.05) is 42.5 Å². The van der Waals surface area contributed by atoms with Crippen LogP contribution in [0, 0.1) is 0 Å². The Morgan fingerprint density at radius 2 is 1.64 bits per heavy atom. The van der Waals surface area contributed by atoms with Crippen LogP contribution >= 0.6 is 11.6 Å². The van der Waals surface area contributed by atoms with E-state index in [9.17, 15) is 4.79 Å². The van der Waals surface area contributed by atoms with Gasteiger partial charge in [0.25, 0.3) is 5.91 Å². The molecular formula is C19H17ClN4O. The number of anilines is 2. The van der Waals surface area contributed by atoms with E-state index in [1.165, 1.54) is 18.0 Å². The molecule has 1 amide bonds. The topological polar surface area (TPSA) is 66.9 Å². The number of aromatic nitrogens is 2. The zero-order valence-electron chi connectivity index (χ0n) is 13.4. The zero-order valence-corrected chi connectivity index (χ0v) is 14.2. The van der Waals surface area contributed by atoms with Crippen molar-refractivity contribution in [1.82, 2.24) is 15.3 Å². The Labute approximate surface area is 151 Å². The average Bonchev–Trinajstić information content (AvgIpc) is 2.65. The Morgan fingerprint density at radius 3 is 2.32 bits per heavy atom. The molecule has 6 heteroatoms. The third kappa shape index (κ3) is 5.02. The minimum absolute atomic E-state index is 0.186. The van der Waals surface area contributed by atoms with Crippen molar-refractivity contribution in [3.8, 4) is 0 Å². The maximum atomic E-state index is 12.1. The predicted molar refractivity (Wildman–Crippen MR) is 99.2 cm³/mol. The second kappa shape index (κ2) is 8.26. The molecule has 0 aliphatic rings. The van der Waals surface area contributed by atoms with Crippen LogP contribution in [0.5, 0.6) is 0 Å². The Bertz CT molecular complexity index is 820. The summed E-state index contributed by atoms with van der Waals surface area (Å²) >= 11 is 5.85. The lowest BCUT2D eigenvalue weighted by molar-refractivity contribution is 0.0953. The summed E-state index contributed by atoms with van der Waals surface area (Å²) in [6.45, 7) is 0.563. The predicted octanol–water partition coefficient (Wildman–Crippen LogP) is 3.85. The van der Waals surface area contributed by atoms with Gasteiger partial charge in [-0.1, -0.05) is 41.9 Å². The van der Waals surface area contributed by atoms with E-state index in [1.54, 1.807) is 12.1 Å². The number of nitrogens with zero attached hydrogens (tertiary/aromatic N) is 2. The Kier molecular flexibility index (Phi) is 5.59. The molecule has 25 heavy (non-hydrogen) atoms. The summed E-state index contributed by atoms with van der Waals surface area (Å²) in [5, 5.41) is 6.58. The van der Waals surface area contributed by atoms with Crippen molar-refractivity contribution in [2.24, 2.45) is 0 Å². The highest BCUT2D eigenvalue weighted by molar-refractivity contribution is 6.30. The lowest BCUT2D eigenvalue weighted by Gasteiger charge is -2.07. The molecule has 0 spiro atoms. The molecule has 0 unspecified atom stereocenters. The SMILES string of the molecule is O=C(NCCc1ccccc1)c1cnc(Nc2ccc(Cl)cc2)nc1. The van der Waals surface area contributed by atoms with Gasteiger partial charge in [-0.25, -0.2) is 9.97 Å². The first-order valence-electron chi connectivity index (χ1n) is 7.87. The van der Waals surface area contributed by atoms with Crippen LogP contribution in [0.3, 0.4) is 0 Å². The summed E-state index contributed by atoms with van der Waals surface area (Å²) in [6, 6.07) is 17.2. The van der Waals surface area contributed by atoms with Crippen LogP contribution in [-0.4, -0.2) is 22.4 Å². The van der Waals surface area contributed by atoms with Gasteiger partial charge in [0, 0.05) is 29.6 Å². The molecule has 1 heterocycles. The highest BCUT2D eigenvalue weighted by atomic mass is 35.5.